The maximum atomic E-state index is 15.6. The lowest BCUT2D eigenvalue weighted by molar-refractivity contribution is -0.137. The first-order valence-electron chi connectivity index (χ1n) is 13.5. The Labute approximate surface area is 236 Å². The number of halogens is 1. The highest BCUT2D eigenvalue weighted by atomic mass is 19.1. The monoisotopic (exact) mass is 559 g/mol. The summed E-state index contributed by atoms with van der Waals surface area (Å²) in [5.41, 5.74) is 3.61. The summed E-state index contributed by atoms with van der Waals surface area (Å²) >= 11 is 0. The van der Waals surface area contributed by atoms with Gasteiger partial charge in [-0.25, -0.2) is 14.2 Å². The molecule has 0 spiro atoms. The van der Waals surface area contributed by atoms with Gasteiger partial charge in [-0.1, -0.05) is 16.9 Å². The van der Waals surface area contributed by atoms with E-state index in [1.165, 1.54) is 13.2 Å². The van der Waals surface area contributed by atoms with Crippen molar-refractivity contribution in [1.29, 1.82) is 5.41 Å². The number of anilines is 1. The predicted molar refractivity (Wildman–Crippen MR) is 154 cm³/mol. The summed E-state index contributed by atoms with van der Waals surface area (Å²) in [7, 11) is 1.47. The molecule has 3 N–H and O–H groups in total. The van der Waals surface area contributed by atoms with Crippen LogP contribution in [0.1, 0.15) is 32.4 Å². The van der Waals surface area contributed by atoms with Crippen LogP contribution in [-0.2, 0) is 16.1 Å². The number of fused-ring (bicyclic) bond motifs is 2. The number of rotatable bonds is 6. The Balaban J connectivity index is 0.00000353. The van der Waals surface area contributed by atoms with Crippen LogP contribution in [0.2, 0.25) is 0 Å². The van der Waals surface area contributed by atoms with Crippen LogP contribution in [0.5, 0.6) is 6.01 Å². The number of piperidine rings is 1. The highest BCUT2D eigenvalue weighted by Crippen LogP contribution is 2.39. The molecule has 7 rings (SSSR count). The van der Waals surface area contributed by atoms with E-state index in [4.69, 9.17) is 4.74 Å². The third kappa shape index (κ3) is 4.59. The quantitative estimate of drug-likeness (QED) is 0.308. The number of nitrogens with zero attached hydrogens (tertiary/aromatic N) is 5. The number of amides is 2. The molecule has 4 aromatic rings. The number of carbonyl (C=O) groups is 2. The molecule has 2 aromatic heterocycles. The van der Waals surface area contributed by atoms with Gasteiger partial charge >= 0.3 is 11.9 Å². The van der Waals surface area contributed by atoms with Crippen LogP contribution >= 0.6 is 0 Å². The molecular weight excluding hydrogens is 527 g/mol. The van der Waals surface area contributed by atoms with Crippen LogP contribution < -0.4 is 20.0 Å². The van der Waals surface area contributed by atoms with E-state index in [1.54, 1.807) is 54.4 Å². The largest absolute Gasteiger partial charge is 0.467 e. The second kappa shape index (κ2) is 10.4. The van der Waals surface area contributed by atoms with Gasteiger partial charge in [0.1, 0.15) is 24.4 Å². The van der Waals surface area contributed by atoms with E-state index < -0.39 is 5.82 Å². The number of ether oxygens (including phenoxy) is 1. The number of nitrogens with one attached hydrogen (secondary N) is 3. The van der Waals surface area contributed by atoms with Crippen LogP contribution in [-0.4, -0.2) is 64.1 Å². The molecule has 0 aliphatic carbocycles. The van der Waals surface area contributed by atoms with Gasteiger partial charge in [-0.05, 0) is 29.8 Å². The van der Waals surface area contributed by atoms with Crippen LogP contribution in [0.15, 0.2) is 48.8 Å². The Morgan fingerprint density at radius 2 is 2.02 bits per heavy atom. The Morgan fingerprint density at radius 1 is 1.22 bits per heavy atom. The Morgan fingerprint density at radius 3 is 2.78 bits per heavy atom. The molecule has 41 heavy (non-hydrogen) atoms. The number of hydrogen-bond donors (Lipinski definition) is 3. The Kier molecular flexibility index (Phi) is 6.70. The highest BCUT2D eigenvalue weighted by Gasteiger charge is 2.44. The van der Waals surface area contributed by atoms with E-state index in [0.29, 0.717) is 70.6 Å². The summed E-state index contributed by atoms with van der Waals surface area (Å²) in [6.45, 7) is 2.65. The number of benzene rings is 2. The zero-order valence-electron chi connectivity index (χ0n) is 22.8. The van der Waals surface area contributed by atoms with Crippen molar-refractivity contribution in [2.75, 3.05) is 32.1 Å². The second-order valence-electron chi connectivity index (χ2n) is 10.4. The molecule has 3 aliphatic heterocycles. The van der Waals surface area contributed by atoms with E-state index in [0.717, 1.165) is 0 Å². The molecule has 4 bridgehead atoms. The lowest BCUT2D eigenvalue weighted by Gasteiger charge is -2.39. The summed E-state index contributed by atoms with van der Waals surface area (Å²) < 4.78 is 20.7. The lowest BCUT2D eigenvalue weighted by atomic mass is 9.84. The van der Waals surface area contributed by atoms with Crippen molar-refractivity contribution in [2.45, 2.75) is 26.3 Å². The molecular formula is C29H32FN8O3+. The molecule has 0 radical (unpaired) electrons. The summed E-state index contributed by atoms with van der Waals surface area (Å²) in [5, 5.41) is 20.4. The first-order chi connectivity index (χ1) is 19.8. The molecule has 0 atom stereocenters. The molecule has 1 fully saturated rings. The van der Waals surface area contributed by atoms with Gasteiger partial charge in [0.2, 0.25) is 5.91 Å². The third-order valence-electron chi connectivity index (χ3n) is 8.09. The first kappa shape index (κ1) is 26.5. The Bertz CT molecular complexity index is 1700. The number of carbonyl (C=O) groups excluding carboxylic acids is 2. The van der Waals surface area contributed by atoms with Crippen LogP contribution in [0.25, 0.3) is 22.0 Å². The zero-order chi connectivity index (χ0) is 28.7. The molecule has 11 nitrogen and oxygen atoms in total. The van der Waals surface area contributed by atoms with Crippen molar-refractivity contribution in [3.8, 4) is 17.1 Å². The number of hydrogen-bond acceptors (Lipinski definition) is 8. The molecule has 2 amide bonds. The van der Waals surface area contributed by atoms with Crippen molar-refractivity contribution in [1.82, 2.24) is 29.8 Å². The van der Waals surface area contributed by atoms with Crippen molar-refractivity contribution < 1.29 is 20.1 Å². The molecule has 212 valence electrons. The summed E-state index contributed by atoms with van der Waals surface area (Å²) in [6, 6.07) is 10.4. The van der Waals surface area contributed by atoms with Gasteiger partial charge in [0.15, 0.2) is 0 Å². The minimum Gasteiger partial charge on any atom is -0.467 e. The zero-order valence-corrected chi connectivity index (χ0v) is 22.8. The fourth-order valence-electron chi connectivity index (χ4n) is 5.88. The van der Waals surface area contributed by atoms with Gasteiger partial charge in [-0.15, -0.1) is 9.69 Å². The highest BCUT2D eigenvalue weighted by molar-refractivity contribution is 6.11. The summed E-state index contributed by atoms with van der Waals surface area (Å²) in [4.78, 5) is 35.7. The lowest BCUT2D eigenvalue weighted by Crippen LogP contribution is -2.65. The fourth-order valence-corrected chi connectivity index (χ4v) is 5.88. The SMILES string of the molecule is COc1nccc(CNC(=O)CNc2cccc3c2C(=N)C2CC[N+](C(C)=O)(CC2)n2ncc4cc(F)c-3cc42)n1.[HH]. The minimum absolute atomic E-state index is 0. The van der Waals surface area contributed by atoms with Crippen molar-refractivity contribution >= 4 is 34.1 Å². The van der Waals surface area contributed by atoms with Gasteiger partial charge in [-0.3, -0.25) is 4.79 Å². The van der Waals surface area contributed by atoms with Crippen molar-refractivity contribution in [3.63, 3.8) is 0 Å². The van der Waals surface area contributed by atoms with Crippen molar-refractivity contribution in [3.05, 3.63) is 65.9 Å². The van der Waals surface area contributed by atoms with Crippen LogP contribution in [0.3, 0.4) is 0 Å². The van der Waals surface area contributed by atoms with E-state index >= 15 is 4.39 Å². The normalized spacial score (nSPS) is 19.5. The number of quaternary nitrogens is 1. The molecule has 0 unspecified atom stereocenters. The fraction of sp³-hybridized carbons (Fsp3) is 0.310. The van der Waals surface area contributed by atoms with Crippen LogP contribution in [0, 0.1) is 17.1 Å². The molecule has 0 saturated carbocycles. The number of aromatic nitrogens is 4. The van der Waals surface area contributed by atoms with Gasteiger partial charge in [0.25, 0.3) is 0 Å². The van der Waals surface area contributed by atoms with Gasteiger partial charge < -0.3 is 20.8 Å². The van der Waals surface area contributed by atoms with E-state index in [-0.39, 0.29) is 42.9 Å². The standard InChI is InChI=1S/C29H29FN8O3.H2/c1-17(39)38-10-7-18(8-11-38)28(31)27-21(22-13-25-19(12-23(22)30)14-35-37(25)38)4-3-5-24(27)33-16-26(40)34-15-20-6-9-32-29(36-20)41-2;/h3-6,9,12-14,18H,7-8,10-11,15-16H2,1-2H3,(H2-,31,33,34,40);1H/p+1. The molecule has 1 saturated heterocycles. The topological polar surface area (TPSA) is 135 Å². The maximum Gasteiger partial charge on any atom is 0.336 e. The van der Waals surface area contributed by atoms with E-state index in [9.17, 15) is 15.0 Å². The van der Waals surface area contributed by atoms with Crippen LogP contribution in [0.4, 0.5) is 10.1 Å². The molecule has 2 aromatic carbocycles. The molecule has 12 heteroatoms. The van der Waals surface area contributed by atoms with E-state index in [2.05, 4.69) is 25.7 Å². The average molecular weight is 560 g/mol. The smallest absolute Gasteiger partial charge is 0.336 e. The van der Waals surface area contributed by atoms with Crippen molar-refractivity contribution in [2.24, 2.45) is 5.92 Å². The average Bonchev–Trinajstić information content (AvgIpc) is 3.40. The second-order valence-corrected chi connectivity index (χ2v) is 10.4. The molecule has 3 aliphatic rings. The Hall–Kier alpha value is -4.71. The van der Waals surface area contributed by atoms with E-state index in [1.807, 2.05) is 0 Å². The number of methoxy groups -OCH3 is 1. The predicted octanol–water partition coefficient (Wildman–Crippen LogP) is 3.39. The summed E-state index contributed by atoms with van der Waals surface area (Å²) in [6.07, 6.45) is 4.34. The maximum absolute atomic E-state index is 15.6. The first-order valence-corrected chi connectivity index (χ1v) is 13.5. The molecule has 5 heterocycles. The van der Waals surface area contributed by atoms with Gasteiger partial charge in [0, 0.05) is 54.3 Å². The van der Waals surface area contributed by atoms with Gasteiger partial charge in [-0.2, -0.15) is 4.98 Å². The minimum atomic E-state index is -0.447. The van der Waals surface area contributed by atoms with Gasteiger partial charge in [0.05, 0.1) is 39.0 Å². The third-order valence-corrected chi connectivity index (χ3v) is 8.09. The summed E-state index contributed by atoms with van der Waals surface area (Å²) in [5.74, 6) is -0.913.